The predicted molar refractivity (Wildman–Crippen MR) is 95.5 cm³/mol. The molecule has 2 aromatic carbocycles. The highest BCUT2D eigenvalue weighted by Gasteiger charge is 2.05. The lowest BCUT2D eigenvalue weighted by molar-refractivity contribution is 0.309. The van der Waals surface area contributed by atoms with Crippen LogP contribution >= 0.6 is 0 Å². The minimum atomic E-state index is -0.0955. The Morgan fingerprint density at radius 1 is 0.826 bits per heavy atom. The van der Waals surface area contributed by atoms with Crippen molar-refractivity contribution in [3.63, 3.8) is 0 Å². The normalized spacial score (nSPS) is 10.7. The largest absolute Gasteiger partial charge is 0.494 e. The summed E-state index contributed by atoms with van der Waals surface area (Å²) in [5.41, 5.74) is 2.76. The van der Waals surface area contributed by atoms with E-state index in [1.165, 1.54) is 0 Å². The maximum atomic E-state index is 14.2. The summed E-state index contributed by atoms with van der Waals surface area (Å²) in [5, 5.41) is 0. The van der Waals surface area contributed by atoms with Crippen LogP contribution in [0.25, 0.3) is 11.1 Å². The van der Waals surface area contributed by atoms with Crippen molar-refractivity contribution in [2.45, 2.75) is 52.4 Å². The van der Waals surface area contributed by atoms with Gasteiger partial charge in [0.25, 0.3) is 0 Å². The van der Waals surface area contributed by atoms with E-state index in [1.807, 2.05) is 36.4 Å². The van der Waals surface area contributed by atoms with Crippen LogP contribution in [0.2, 0.25) is 0 Å². The number of unbranched alkanes of at least 4 members (excludes halogenated alkanes) is 3. The molecule has 2 rings (SSSR count). The van der Waals surface area contributed by atoms with Crippen LogP contribution in [0.1, 0.15) is 51.5 Å². The van der Waals surface area contributed by atoms with E-state index in [2.05, 4.69) is 13.8 Å². The quantitative estimate of drug-likeness (QED) is 0.486. The van der Waals surface area contributed by atoms with Crippen molar-refractivity contribution in [2.24, 2.45) is 0 Å². The third-order valence-corrected chi connectivity index (χ3v) is 4.06. The molecule has 0 amide bonds. The summed E-state index contributed by atoms with van der Waals surface area (Å²) < 4.78 is 19.9. The average molecular weight is 314 g/mol. The van der Waals surface area contributed by atoms with Gasteiger partial charge in [0.1, 0.15) is 11.6 Å². The Kier molecular flexibility index (Phi) is 7.12. The van der Waals surface area contributed by atoms with Gasteiger partial charge in [-0.05, 0) is 54.2 Å². The van der Waals surface area contributed by atoms with Gasteiger partial charge in [0.2, 0.25) is 0 Å². The molecule has 0 N–H and O–H groups in total. The summed E-state index contributed by atoms with van der Waals surface area (Å²) in [6, 6.07) is 13.5. The lowest BCUT2D eigenvalue weighted by Crippen LogP contribution is -1.96. The maximum Gasteiger partial charge on any atom is 0.127 e. The number of ether oxygens (including phenoxy) is 1. The van der Waals surface area contributed by atoms with Crippen LogP contribution in [-0.4, -0.2) is 6.61 Å². The number of halogens is 1. The molecule has 0 aliphatic heterocycles. The molecule has 0 aliphatic carbocycles. The summed E-state index contributed by atoms with van der Waals surface area (Å²) >= 11 is 0. The first-order valence-corrected chi connectivity index (χ1v) is 8.76. The maximum absolute atomic E-state index is 14.2. The number of hydrogen-bond acceptors (Lipinski definition) is 1. The van der Waals surface area contributed by atoms with E-state index in [0.717, 1.165) is 67.6 Å². The summed E-state index contributed by atoms with van der Waals surface area (Å²) in [4.78, 5) is 0. The average Bonchev–Trinajstić information content (AvgIpc) is 2.57. The number of rotatable bonds is 9. The fourth-order valence-corrected chi connectivity index (χ4v) is 2.57. The molecular weight excluding hydrogens is 287 g/mol. The fourth-order valence-electron chi connectivity index (χ4n) is 2.57. The molecule has 0 saturated carbocycles. The van der Waals surface area contributed by atoms with Gasteiger partial charge in [0.15, 0.2) is 0 Å². The lowest BCUT2D eigenvalue weighted by Gasteiger charge is -2.08. The van der Waals surface area contributed by atoms with Crippen LogP contribution in [-0.2, 0) is 6.42 Å². The highest BCUT2D eigenvalue weighted by molar-refractivity contribution is 5.64. The van der Waals surface area contributed by atoms with Crippen molar-refractivity contribution in [3.05, 3.63) is 53.8 Å². The molecule has 0 heterocycles. The van der Waals surface area contributed by atoms with Gasteiger partial charge in [-0.3, -0.25) is 0 Å². The van der Waals surface area contributed by atoms with Crippen molar-refractivity contribution >= 4 is 0 Å². The third kappa shape index (κ3) is 5.38. The molecular formula is C21H27FO. The van der Waals surface area contributed by atoms with E-state index < -0.39 is 0 Å². The van der Waals surface area contributed by atoms with Crippen LogP contribution in [0.5, 0.6) is 5.75 Å². The molecule has 0 radical (unpaired) electrons. The summed E-state index contributed by atoms with van der Waals surface area (Å²) in [7, 11) is 0. The topological polar surface area (TPSA) is 9.23 Å². The Labute approximate surface area is 139 Å². The highest BCUT2D eigenvalue weighted by Crippen LogP contribution is 2.25. The van der Waals surface area contributed by atoms with Crippen LogP contribution in [0.3, 0.4) is 0 Å². The molecule has 2 heteroatoms. The zero-order valence-electron chi connectivity index (χ0n) is 14.3. The Morgan fingerprint density at radius 3 is 2.17 bits per heavy atom. The minimum absolute atomic E-state index is 0.0955. The molecule has 0 aromatic heterocycles. The Morgan fingerprint density at radius 2 is 1.52 bits per heavy atom. The number of hydrogen-bond donors (Lipinski definition) is 0. The summed E-state index contributed by atoms with van der Waals surface area (Å²) in [5.74, 6) is 0.778. The van der Waals surface area contributed by atoms with Crippen LogP contribution in [0.15, 0.2) is 42.5 Å². The Bertz CT molecular complexity index is 589. The summed E-state index contributed by atoms with van der Waals surface area (Å²) in [6.45, 7) is 5.05. The second kappa shape index (κ2) is 9.34. The van der Waals surface area contributed by atoms with Crippen LogP contribution < -0.4 is 4.74 Å². The smallest absolute Gasteiger partial charge is 0.127 e. The van der Waals surface area contributed by atoms with Crippen LogP contribution in [0.4, 0.5) is 4.39 Å². The molecule has 23 heavy (non-hydrogen) atoms. The minimum Gasteiger partial charge on any atom is -0.494 e. The van der Waals surface area contributed by atoms with Crippen molar-refractivity contribution in [1.29, 1.82) is 0 Å². The molecule has 2 aromatic rings. The zero-order chi connectivity index (χ0) is 16.5. The van der Waals surface area contributed by atoms with E-state index in [0.29, 0.717) is 0 Å². The van der Waals surface area contributed by atoms with E-state index in [-0.39, 0.29) is 5.82 Å². The Hall–Kier alpha value is -1.83. The molecule has 0 atom stereocenters. The standard InChI is InChI=1S/C21H27FO/c1-3-5-7-8-18-9-10-19(16-21(18)22)17-11-13-20(14-12-17)23-15-6-4-2/h9-14,16H,3-8,15H2,1-2H3. The van der Waals surface area contributed by atoms with Gasteiger partial charge < -0.3 is 4.74 Å². The van der Waals surface area contributed by atoms with Gasteiger partial charge in [-0.25, -0.2) is 4.39 Å². The molecule has 0 saturated heterocycles. The fraction of sp³-hybridized carbons (Fsp3) is 0.429. The Balaban J connectivity index is 2.02. The molecule has 0 spiro atoms. The second-order valence-electron chi connectivity index (χ2n) is 5.99. The molecule has 124 valence electrons. The third-order valence-electron chi connectivity index (χ3n) is 4.06. The van der Waals surface area contributed by atoms with Crippen molar-refractivity contribution in [2.75, 3.05) is 6.61 Å². The highest BCUT2D eigenvalue weighted by atomic mass is 19.1. The first-order valence-electron chi connectivity index (χ1n) is 8.76. The van der Waals surface area contributed by atoms with Crippen molar-refractivity contribution in [3.8, 4) is 16.9 Å². The molecule has 0 aliphatic rings. The van der Waals surface area contributed by atoms with E-state index >= 15 is 0 Å². The first-order chi connectivity index (χ1) is 11.2. The van der Waals surface area contributed by atoms with Gasteiger partial charge >= 0.3 is 0 Å². The summed E-state index contributed by atoms with van der Waals surface area (Å²) in [6.07, 6.45) is 6.38. The van der Waals surface area contributed by atoms with Crippen molar-refractivity contribution < 1.29 is 9.13 Å². The molecule has 0 bridgehead atoms. The number of benzene rings is 2. The molecule has 0 fully saturated rings. The van der Waals surface area contributed by atoms with Gasteiger partial charge in [-0.1, -0.05) is 57.4 Å². The lowest BCUT2D eigenvalue weighted by atomic mass is 10.0. The SMILES string of the molecule is CCCCCc1ccc(-c2ccc(OCCCC)cc2)cc1F. The predicted octanol–water partition coefficient (Wildman–Crippen LogP) is 6.40. The van der Waals surface area contributed by atoms with Gasteiger partial charge in [0.05, 0.1) is 6.61 Å². The monoisotopic (exact) mass is 314 g/mol. The van der Waals surface area contributed by atoms with E-state index in [4.69, 9.17) is 4.74 Å². The van der Waals surface area contributed by atoms with E-state index in [9.17, 15) is 4.39 Å². The first kappa shape index (κ1) is 17.5. The van der Waals surface area contributed by atoms with Gasteiger partial charge in [-0.2, -0.15) is 0 Å². The molecule has 1 nitrogen and oxygen atoms in total. The van der Waals surface area contributed by atoms with Gasteiger partial charge in [0, 0.05) is 0 Å². The second-order valence-corrected chi connectivity index (χ2v) is 5.99. The zero-order valence-corrected chi connectivity index (χ0v) is 14.3. The van der Waals surface area contributed by atoms with Crippen molar-refractivity contribution in [1.82, 2.24) is 0 Å². The molecule has 0 unspecified atom stereocenters. The van der Waals surface area contributed by atoms with E-state index in [1.54, 1.807) is 6.07 Å². The number of aryl methyl sites for hydroxylation is 1. The van der Waals surface area contributed by atoms with Crippen LogP contribution in [0, 0.1) is 5.82 Å². The van der Waals surface area contributed by atoms with Gasteiger partial charge in [-0.15, -0.1) is 0 Å².